The summed E-state index contributed by atoms with van der Waals surface area (Å²) < 4.78 is 28.5. The summed E-state index contributed by atoms with van der Waals surface area (Å²) in [6.45, 7) is 2.48. The highest BCUT2D eigenvalue weighted by atomic mass is 32.2. The quantitative estimate of drug-likeness (QED) is 0.723. The maximum Gasteiger partial charge on any atom is 0.319 e. The van der Waals surface area contributed by atoms with Gasteiger partial charge in [-0.3, -0.25) is 4.90 Å². The van der Waals surface area contributed by atoms with Crippen LogP contribution in [0.5, 0.6) is 5.75 Å². The number of hydrogen-bond donors (Lipinski definition) is 2. The van der Waals surface area contributed by atoms with E-state index in [4.69, 9.17) is 4.74 Å². The van der Waals surface area contributed by atoms with Crippen molar-refractivity contribution >= 4 is 21.6 Å². The number of amides is 2. The van der Waals surface area contributed by atoms with E-state index in [0.717, 1.165) is 23.4 Å². The van der Waals surface area contributed by atoms with Crippen LogP contribution in [0.1, 0.15) is 17.5 Å². The molecule has 3 rings (SSSR count). The summed E-state index contributed by atoms with van der Waals surface area (Å²) in [5.41, 5.74) is 2.77. The molecule has 29 heavy (non-hydrogen) atoms. The summed E-state index contributed by atoms with van der Waals surface area (Å²) in [5.74, 6) is 0.777. The van der Waals surface area contributed by atoms with E-state index in [1.165, 1.54) is 6.26 Å². The zero-order chi connectivity index (χ0) is 20.9. The van der Waals surface area contributed by atoms with Gasteiger partial charge in [-0.2, -0.15) is 0 Å². The summed E-state index contributed by atoms with van der Waals surface area (Å²) in [6, 6.07) is 14.8. The lowest BCUT2D eigenvalue weighted by atomic mass is 10.2. The fourth-order valence-electron chi connectivity index (χ4n) is 3.34. The van der Waals surface area contributed by atoms with Gasteiger partial charge in [0.05, 0.1) is 12.4 Å². The highest BCUT2D eigenvalue weighted by Gasteiger charge is 2.29. The minimum Gasteiger partial charge on any atom is -0.497 e. The smallest absolute Gasteiger partial charge is 0.319 e. The number of anilines is 1. The average molecular weight is 418 g/mol. The van der Waals surface area contributed by atoms with Crippen LogP contribution in [-0.4, -0.2) is 51.1 Å². The lowest BCUT2D eigenvalue weighted by Crippen LogP contribution is -2.28. The van der Waals surface area contributed by atoms with E-state index in [9.17, 15) is 13.2 Å². The third-order valence-corrected chi connectivity index (χ3v) is 6.66. The first-order valence-electron chi connectivity index (χ1n) is 9.51. The number of carbonyl (C=O) groups is 1. The van der Waals surface area contributed by atoms with E-state index in [-0.39, 0.29) is 11.3 Å². The molecule has 1 aliphatic rings. The largest absolute Gasteiger partial charge is 0.497 e. The summed E-state index contributed by atoms with van der Waals surface area (Å²) in [4.78, 5) is 14.2. The van der Waals surface area contributed by atoms with Crippen molar-refractivity contribution < 1.29 is 17.9 Å². The number of benzene rings is 2. The van der Waals surface area contributed by atoms with Crippen LogP contribution in [0.4, 0.5) is 10.5 Å². The zero-order valence-corrected chi connectivity index (χ0v) is 17.5. The van der Waals surface area contributed by atoms with E-state index in [1.54, 1.807) is 7.11 Å². The molecular formula is C21H27N3O4S. The Bertz CT molecular complexity index is 927. The Kier molecular flexibility index (Phi) is 6.76. The minimum atomic E-state index is -2.98. The minimum absolute atomic E-state index is 0.266. The zero-order valence-electron chi connectivity index (χ0n) is 16.7. The third-order valence-electron chi connectivity index (χ3n) is 5.06. The van der Waals surface area contributed by atoms with Crippen molar-refractivity contribution in [3.05, 3.63) is 59.7 Å². The number of rotatable bonds is 7. The Balaban J connectivity index is 1.45. The van der Waals surface area contributed by atoms with Gasteiger partial charge >= 0.3 is 6.03 Å². The molecule has 0 aliphatic carbocycles. The highest BCUT2D eigenvalue weighted by Crippen LogP contribution is 2.19. The fraction of sp³-hybridized carbons (Fsp3) is 0.381. The SMILES string of the molecule is COc1ccc(CNC(=O)Nc2ccc(CN3CCC(S(C)(=O)=O)C3)cc2)cc1. The summed E-state index contributed by atoms with van der Waals surface area (Å²) in [6.07, 6.45) is 1.99. The van der Waals surface area contributed by atoms with Crippen molar-refractivity contribution in [2.75, 3.05) is 31.8 Å². The number of likely N-dealkylation sites (tertiary alicyclic amines) is 1. The lowest BCUT2D eigenvalue weighted by molar-refractivity contribution is 0.251. The predicted molar refractivity (Wildman–Crippen MR) is 114 cm³/mol. The highest BCUT2D eigenvalue weighted by molar-refractivity contribution is 7.91. The molecule has 0 radical (unpaired) electrons. The van der Waals surface area contributed by atoms with Crippen LogP contribution in [-0.2, 0) is 22.9 Å². The Hall–Kier alpha value is -2.58. The number of hydrogen-bond acceptors (Lipinski definition) is 5. The van der Waals surface area contributed by atoms with Gasteiger partial charge in [-0.1, -0.05) is 24.3 Å². The molecule has 1 aliphatic heterocycles. The van der Waals surface area contributed by atoms with Crippen molar-refractivity contribution in [2.24, 2.45) is 0 Å². The topological polar surface area (TPSA) is 87.7 Å². The van der Waals surface area contributed by atoms with Crippen LogP contribution in [0.25, 0.3) is 0 Å². The number of carbonyl (C=O) groups excluding carboxylic acids is 1. The number of methoxy groups -OCH3 is 1. The summed E-state index contributed by atoms with van der Waals surface area (Å²) in [5, 5.41) is 5.37. The standard InChI is InChI=1S/C21H27N3O4S/c1-28-19-9-5-16(6-10-19)13-22-21(25)23-18-7-3-17(4-8-18)14-24-12-11-20(15-24)29(2,26)27/h3-10,20H,11-15H2,1-2H3,(H2,22,23,25). The molecule has 2 aromatic carbocycles. The predicted octanol–water partition coefficient (Wildman–Crippen LogP) is 2.64. The molecule has 1 fully saturated rings. The average Bonchev–Trinajstić information content (AvgIpc) is 3.17. The van der Waals surface area contributed by atoms with Gasteiger partial charge in [0.1, 0.15) is 5.75 Å². The Morgan fingerprint density at radius 2 is 1.76 bits per heavy atom. The number of nitrogens with zero attached hydrogens (tertiary/aromatic N) is 1. The summed E-state index contributed by atoms with van der Waals surface area (Å²) >= 11 is 0. The van der Waals surface area contributed by atoms with Crippen molar-refractivity contribution in [1.29, 1.82) is 0 Å². The Labute approximate surface area is 172 Å². The van der Waals surface area contributed by atoms with Crippen LogP contribution in [0.3, 0.4) is 0 Å². The van der Waals surface area contributed by atoms with Gasteiger partial charge in [0.2, 0.25) is 0 Å². The van der Waals surface area contributed by atoms with Crippen LogP contribution in [0, 0.1) is 0 Å². The monoisotopic (exact) mass is 417 g/mol. The molecule has 0 saturated carbocycles. The molecule has 0 spiro atoms. The molecule has 2 N–H and O–H groups in total. The van der Waals surface area contributed by atoms with Gasteiger partial charge in [0.25, 0.3) is 0 Å². The number of nitrogens with one attached hydrogen (secondary N) is 2. The maximum absolute atomic E-state index is 12.1. The number of ether oxygens (including phenoxy) is 1. The molecule has 2 amide bonds. The molecule has 156 valence electrons. The van der Waals surface area contributed by atoms with E-state index in [2.05, 4.69) is 15.5 Å². The molecule has 2 aromatic rings. The first kappa shape index (κ1) is 21.1. The van der Waals surface area contributed by atoms with Crippen molar-refractivity contribution in [2.45, 2.75) is 24.8 Å². The van der Waals surface area contributed by atoms with Crippen molar-refractivity contribution in [1.82, 2.24) is 10.2 Å². The lowest BCUT2D eigenvalue weighted by Gasteiger charge is -2.16. The van der Waals surface area contributed by atoms with Crippen LogP contribution < -0.4 is 15.4 Å². The first-order chi connectivity index (χ1) is 13.8. The van der Waals surface area contributed by atoms with E-state index < -0.39 is 9.84 Å². The summed E-state index contributed by atoms with van der Waals surface area (Å²) in [7, 11) is -1.36. The maximum atomic E-state index is 12.1. The van der Waals surface area contributed by atoms with Gasteiger partial charge in [-0.05, 0) is 48.4 Å². The Morgan fingerprint density at radius 1 is 1.10 bits per heavy atom. The second-order valence-electron chi connectivity index (χ2n) is 7.33. The second kappa shape index (κ2) is 9.28. The van der Waals surface area contributed by atoms with Gasteiger partial charge in [-0.25, -0.2) is 13.2 Å². The van der Waals surface area contributed by atoms with Gasteiger partial charge in [-0.15, -0.1) is 0 Å². The molecule has 1 atom stereocenters. The molecule has 1 heterocycles. The molecule has 0 aromatic heterocycles. The number of sulfone groups is 1. The molecule has 8 heteroatoms. The van der Waals surface area contributed by atoms with Crippen molar-refractivity contribution in [3.63, 3.8) is 0 Å². The molecule has 0 bridgehead atoms. The van der Waals surface area contributed by atoms with E-state index in [1.807, 2.05) is 48.5 Å². The van der Waals surface area contributed by atoms with Crippen LogP contribution >= 0.6 is 0 Å². The van der Waals surface area contributed by atoms with Gasteiger partial charge in [0, 0.05) is 31.6 Å². The molecule has 1 saturated heterocycles. The first-order valence-corrected chi connectivity index (χ1v) is 11.5. The molecular weight excluding hydrogens is 390 g/mol. The fourth-order valence-corrected chi connectivity index (χ4v) is 4.36. The van der Waals surface area contributed by atoms with Crippen LogP contribution in [0.2, 0.25) is 0 Å². The van der Waals surface area contributed by atoms with Crippen LogP contribution in [0.15, 0.2) is 48.5 Å². The van der Waals surface area contributed by atoms with E-state index in [0.29, 0.717) is 31.7 Å². The number of urea groups is 1. The van der Waals surface area contributed by atoms with Gasteiger partial charge < -0.3 is 15.4 Å². The Morgan fingerprint density at radius 3 is 2.34 bits per heavy atom. The van der Waals surface area contributed by atoms with Gasteiger partial charge in [0.15, 0.2) is 9.84 Å². The van der Waals surface area contributed by atoms with E-state index >= 15 is 0 Å². The molecule has 7 nitrogen and oxygen atoms in total. The molecule has 1 unspecified atom stereocenters. The second-order valence-corrected chi connectivity index (χ2v) is 9.65. The van der Waals surface area contributed by atoms with Crippen molar-refractivity contribution in [3.8, 4) is 5.75 Å². The third kappa shape index (κ3) is 6.20. The normalized spacial score (nSPS) is 17.1.